The van der Waals surface area contributed by atoms with Gasteiger partial charge in [-0.3, -0.25) is 4.79 Å². The molecule has 2 fully saturated rings. The summed E-state index contributed by atoms with van der Waals surface area (Å²) < 4.78 is 5.82. The van der Waals surface area contributed by atoms with Crippen LogP contribution in [0.5, 0.6) is 5.75 Å². The van der Waals surface area contributed by atoms with Crippen molar-refractivity contribution < 1.29 is 9.53 Å². The third-order valence-electron chi connectivity index (χ3n) is 6.04. The van der Waals surface area contributed by atoms with Gasteiger partial charge in [0, 0.05) is 6.04 Å². The van der Waals surface area contributed by atoms with Crippen LogP contribution in [-0.4, -0.2) is 18.6 Å². The van der Waals surface area contributed by atoms with Gasteiger partial charge in [-0.05, 0) is 81.4 Å². The maximum absolute atomic E-state index is 12.3. The summed E-state index contributed by atoms with van der Waals surface area (Å²) in [5, 5.41) is 3.17. The van der Waals surface area contributed by atoms with Crippen LogP contribution in [0.25, 0.3) is 0 Å². The predicted octanol–water partition coefficient (Wildman–Crippen LogP) is 3.93. The third-order valence-corrected chi connectivity index (χ3v) is 6.04. The van der Waals surface area contributed by atoms with Gasteiger partial charge in [-0.1, -0.05) is 18.6 Å². The van der Waals surface area contributed by atoms with Gasteiger partial charge in [0.2, 0.25) is 0 Å². The summed E-state index contributed by atoms with van der Waals surface area (Å²) in [6, 6.07) is 4.41. The zero-order chi connectivity index (χ0) is 16.6. The average molecular weight is 315 g/mol. The molecule has 2 aliphatic rings. The number of rotatable bonds is 5. The highest BCUT2D eigenvalue weighted by Gasteiger charge is 2.42. The Morgan fingerprint density at radius 1 is 1.22 bits per heavy atom. The molecule has 2 aliphatic carbocycles. The van der Waals surface area contributed by atoms with Crippen molar-refractivity contribution in [2.24, 2.45) is 17.8 Å². The molecule has 3 rings (SSSR count). The molecule has 1 aromatic rings. The number of carbonyl (C=O) groups is 1. The molecule has 0 heterocycles. The van der Waals surface area contributed by atoms with Crippen LogP contribution in [0.4, 0.5) is 0 Å². The van der Waals surface area contributed by atoms with Crippen LogP contribution in [0.2, 0.25) is 0 Å². The highest BCUT2D eigenvalue weighted by Crippen LogP contribution is 2.49. The van der Waals surface area contributed by atoms with Gasteiger partial charge in [0.25, 0.3) is 5.91 Å². The monoisotopic (exact) mass is 315 g/mol. The Morgan fingerprint density at radius 3 is 2.61 bits per heavy atom. The van der Waals surface area contributed by atoms with Crippen molar-refractivity contribution in [3.8, 4) is 5.75 Å². The first-order chi connectivity index (χ1) is 11.0. The van der Waals surface area contributed by atoms with Crippen molar-refractivity contribution >= 4 is 5.91 Å². The molecule has 0 aliphatic heterocycles. The molecule has 23 heavy (non-hydrogen) atoms. The quantitative estimate of drug-likeness (QED) is 0.894. The Hall–Kier alpha value is -1.51. The Morgan fingerprint density at radius 2 is 1.96 bits per heavy atom. The molecule has 0 aromatic heterocycles. The van der Waals surface area contributed by atoms with Gasteiger partial charge in [-0.2, -0.15) is 0 Å². The van der Waals surface area contributed by atoms with Crippen molar-refractivity contribution in [2.75, 3.05) is 6.61 Å². The summed E-state index contributed by atoms with van der Waals surface area (Å²) in [4.78, 5) is 12.3. The van der Waals surface area contributed by atoms with E-state index in [1.807, 2.05) is 19.9 Å². The SMILES string of the molecule is Cc1ccc(C)c(OCC(=O)NC(C)C2CC3CCC2C3)c1C. The molecule has 4 atom stereocenters. The maximum Gasteiger partial charge on any atom is 0.258 e. The lowest BCUT2D eigenvalue weighted by molar-refractivity contribution is -0.124. The van der Waals surface area contributed by atoms with E-state index in [4.69, 9.17) is 4.74 Å². The number of nitrogens with one attached hydrogen (secondary N) is 1. The molecule has 0 radical (unpaired) electrons. The summed E-state index contributed by atoms with van der Waals surface area (Å²) in [7, 11) is 0. The van der Waals surface area contributed by atoms with E-state index in [1.165, 1.54) is 31.2 Å². The lowest BCUT2D eigenvalue weighted by Gasteiger charge is -2.28. The Bertz CT molecular complexity index is 596. The molecule has 1 aromatic carbocycles. The third kappa shape index (κ3) is 3.39. The first-order valence-corrected chi connectivity index (χ1v) is 8.94. The molecule has 0 spiro atoms. The zero-order valence-corrected chi connectivity index (χ0v) is 14.8. The van der Waals surface area contributed by atoms with Gasteiger partial charge in [-0.15, -0.1) is 0 Å². The number of hydrogen-bond acceptors (Lipinski definition) is 2. The molecule has 3 nitrogen and oxygen atoms in total. The van der Waals surface area contributed by atoms with Gasteiger partial charge in [-0.25, -0.2) is 0 Å². The van der Waals surface area contributed by atoms with Crippen LogP contribution in [0.3, 0.4) is 0 Å². The fourth-order valence-corrected chi connectivity index (χ4v) is 4.59. The molecule has 0 saturated heterocycles. The molecule has 2 bridgehead atoms. The smallest absolute Gasteiger partial charge is 0.258 e. The van der Waals surface area contributed by atoms with Gasteiger partial charge in [0.05, 0.1) is 0 Å². The van der Waals surface area contributed by atoms with E-state index >= 15 is 0 Å². The summed E-state index contributed by atoms with van der Waals surface area (Å²) in [5.41, 5.74) is 3.40. The fourth-order valence-electron chi connectivity index (χ4n) is 4.59. The standard InChI is InChI=1S/C20H29NO2/c1-12-5-6-13(2)20(14(12)3)23-11-19(22)21-15(4)18-10-16-7-8-17(18)9-16/h5-6,15-18H,7-11H2,1-4H3,(H,21,22). The summed E-state index contributed by atoms with van der Waals surface area (Å²) >= 11 is 0. The first kappa shape index (κ1) is 16.4. The van der Waals surface area contributed by atoms with Crippen LogP contribution in [-0.2, 0) is 4.79 Å². The molecule has 1 N–H and O–H groups in total. The van der Waals surface area contributed by atoms with Crippen molar-refractivity contribution in [3.63, 3.8) is 0 Å². The number of amides is 1. The number of ether oxygens (including phenoxy) is 1. The van der Waals surface area contributed by atoms with Crippen molar-refractivity contribution in [2.45, 2.75) is 59.4 Å². The highest BCUT2D eigenvalue weighted by molar-refractivity contribution is 5.78. The van der Waals surface area contributed by atoms with E-state index in [1.54, 1.807) is 0 Å². The van der Waals surface area contributed by atoms with E-state index in [2.05, 4.69) is 25.2 Å². The highest BCUT2D eigenvalue weighted by atomic mass is 16.5. The van der Waals surface area contributed by atoms with E-state index in [-0.39, 0.29) is 18.6 Å². The largest absolute Gasteiger partial charge is 0.483 e. The zero-order valence-electron chi connectivity index (χ0n) is 14.8. The van der Waals surface area contributed by atoms with Gasteiger partial charge in [0.1, 0.15) is 5.75 Å². The Labute approximate surface area is 139 Å². The molecule has 1 amide bonds. The molecule has 126 valence electrons. The van der Waals surface area contributed by atoms with Crippen molar-refractivity contribution in [1.29, 1.82) is 0 Å². The normalized spacial score (nSPS) is 27.0. The molecule has 3 heteroatoms. The van der Waals surface area contributed by atoms with Crippen molar-refractivity contribution in [1.82, 2.24) is 5.32 Å². The number of hydrogen-bond donors (Lipinski definition) is 1. The van der Waals surface area contributed by atoms with Crippen LogP contribution in [0.1, 0.15) is 49.3 Å². The number of carbonyl (C=O) groups excluding carboxylic acids is 1. The lowest BCUT2D eigenvalue weighted by Crippen LogP contribution is -2.42. The second-order valence-corrected chi connectivity index (χ2v) is 7.64. The summed E-state index contributed by atoms with van der Waals surface area (Å²) in [6.07, 6.45) is 5.43. The first-order valence-electron chi connectivity index (χ1n) is 8.94. The maximum atomic E-state index is 12.3. The minimum atomic E-state index is 0.000537. The fraction of sp³-hybridized carbons (Fsp3) is 0.650. The molecular formula is C20H29NO2. The van der Waals surface area contributed by atoms with Gasteiger partial charge >= 0.3 is 0 Å². The molecule has 4 unspecified atom stereocenters. The number of benzene rings is 1. The number of fused-ring (bicyclic) bond motifs is 2. The van der Waals surface area contributed by atoms with Gasteiger partial charge < -0.3 is 10.1 Å². The van der Waals surface area contributed by atoms with E-state index in [9.17, 15) is 4.79 Å². The number of aryl methyl sites for hydroxylation is 2. The minimum Gasteiger partial charge on any atom is -0.483 e. The molecule has 2 saturated carbocycles. The van der Waals surface area contributed by atoms with Crippen molar-refractivity contribution in [3.05, 3.63) is 28.8 Å². The summed E-state index contributed by atoms with van der Waals surface area (Å²) in [6.45, 7) is 8.41. The van der Waals surface area contributed by atoms with Crippen LogP contribution >= 0.6 is 0 Å². The average Bonchev–Trinajstić information content (AvgIpc) is 3.14. The lowest BCUT2D eigenvalue weighted by atomic mass is 9.84. The molecular weight excluding hydrogens is 286 g/mol. The van der Waals surface area contributed by atoms with Gasteiger partial charge in [0.15, 0.2) is 6.61 Å². The van der Waals surface area contributed by atoms with Crippen LogP contribution in [0, 0.1) is 38.5 Å². The second kappa shape index (κ2) is 6.54. The Kier molecular flexibility index (Phi) is 4.65. The second-order valence-electron chi connectivity index (χ2n) is 7.64. The predicted molar refractivity (Wildman–Crippen MR) is 92.7 cm³/mol. The minimum absolute atomic E-state index is 0.000537. The Balaban J connectivity index is 1.53. The van der Waals surface area contributed by atoms with Crippen LogP contribution in [0.15, 0.2) is 12.1 Å². The summed E-state index contributed by atoms with van der Waals surface area (Å²) in [5.74, 6) is 3.27. The topological polar surface area (TPSA) is 38.3 Å². The van der Waals surface area contributed by atoms with E-state index in [0.29, 0.717) is 5.92 Å². The van der Waals surface area contributed by atoms with Crippen LogP contribution < -0.4 is 10.1 Å². The van der Waals surface area contributed by atoms with E-state index in [0.717, 1.165) is 28.7 Å². The van der Waals surface area contributed by atoms with E-state index < -0.39 is 0 Å².